The third kappa shape index (κ3) is 2.73. The minimum atomic E-state index is -3.04. The molecule has 2 aromatic carbocycles. The fraction of sp³-hybridized carbons (Fsp3) is 0.278. The molecule has 22 heavy (non-hydrogen) atoms. The standard InChI is InChI=1S/C18H16F2O2/c19-18(20)10-13(12-22-14-6-2-1-3-7-14)15-8-4-5-9-16(15)17(18)11-21/h1-9,11,13,17H,10,12H2. The van der Waals surface area contributed by atoms with Gasteiger partial charge in [0, 0.05) is 12.3 Å². The molecule has 2 atom stereocenters. The molecular formula is C18H16F2O2. The van der Waals surface area contributed by atoms with E-state index < -0.39 is 17.8 Å². The Labute approximate surface area is 127 Å². The lowest BCUT2D eigenvalue weighted by molar-refractivity contribution is -0.120. The number of benzene rings is 2. The van der Waals surface area contributed by atoms with Crippen molar-refractivity contribution in [3.63, 3.8) is 0 Å². The summed E-state index contributed by atoms with van der Waals surface area (Å²) in [5.74, 6) is -4.18. The zero-order valence-electron chi connectivity index (χ0n) is 11.9. The van der Waals surface area contributed by atoms with Gasteiger partial charge in [0.25, 0.3) is 5.92 Å². The summed E-state index contributed by atoms with van der Waals surface area (Å²) < 4.78 is 34.1. The van der Waals surface area contributed by atoms with Gasteiger partial charge >= 0.3 is 0 Å². The van der Waals surface area contributed by atoms with Crippen LogP contribution in [0, 0.1) is 0 Å². The minimum Gasteiger partial charge on any atom is -0.493 e. The highest BCUT2D eigenvalue weighted by atomic mass is 19.3. The number of carbonyl (C=O) groups is 1. The molecule has 4 heteroatoms. The fourth-order valence-corrected chi connectivity index (χ4v) is 2.99. The largest absolute Gasteiger partial charge is 0.493 e. The highest BCUT2D eigenvalue weighted by Crippen LogP contribution is 2.47. The molecule has 0 heterocycles. The van der Waals surface area contributed by atoms with Crippen LogP contribution >= 0.6 is 0 Å². The van der Waals surface area contributed by atoms with Crippen molar-refractivity contribution in [3.05, 3.63) is 65.7 Å². The van der Waals surface area contributed by atoms with E-state index in [1.54, 1.807) is 36.4 Å². The van der Waals surface area contributed by atoms with E-state index >= 15 is 0 Å². The molecule has 0 aromatic heterocycles. The minimum absolute atomic E-state index is 0.169. The van der Waals surface area contributed by atoms with E-state index in [0.717, 1.165) is 5.56 Å². The van der Waals surface area contributed by atoms with Gasteiger partial charge in [-0.25, -0.2) is 8.78 Å². The third-order valence-electron chi connectivity index (χ3n) is 4.07. The van der Waals surface area contributed by atoms with Crippen molar-refractivity contribution in [1.29, 1.82) is 0 Å². The number of hydrogen-bond donors (Lipinski definition) is 0. The fourth-order valence-electron chi connectivity index (χ4n) is 2.99. The lowest BCUT2D eigenvalue weighted by Crippen LogP contribution is -2.36. The molecule has 0 amide bonds. The average molecular weight is 302 g/mol. The second kappa shape index (κ2) is 5.87. The van der Waals surface area contributed by atoms with E-state index in [-0.39, 0.29) is 13.0 Å². The third-order valence-corrected chi connectivity index (χ3v) is 4.07. The smallest absolute Gasteiger partial charge is 0.262 e. The number of fused-ring (bicyclic) bond motifs is 1. The number of halogens is 2. The van der Waals surface area contributed by atoms with Crippen molar-refractivity contribution in [2.45, 2.75) is 24.2 Å². The molecule has 0 saturated carbocycles. The SMILES string of the molecule is O=CC1c2ccccc2C(COc2ccccc2)CC1(F)F. The highest BCUT2D eigenvalue weighted by Gasteiger charge is 2.48. The Morgan fingerprint density at radius 1 is 1.05 bits per heavy atom. The van der Waals surface area contributed by atoms with E-state index in [0.29, 0.717) is 17.6 Å². The van der Waals surface area contributed by atoms with Crippen LogP contribution in [-0.4, -0.2) is 18.8 Å². The van der Waals surface area contributed by atoms with Crippen molar-refractivity contribution >= 4 is 6.29 Å². The topological polar surface area (TPSA) is 26.3 Å². The number of ether oxygens (including phenoxy) is 1. The van der Waals surface area contributed by atoms with Gasteiger partial charge in [-0.05, 0) is 23.3 Å². The summed E-state index contributed by atoms with van der Waals surface area (Å²) in [6.07, 6.45) is -0.0205. The molecule has 114 valence electrons. The molecule has 0 bridgehead atoms. The Morgan fingerprint density at radius 2 is 1.68 bits per heavy atom. The number of hydrogen-bond acceptors (Lipinski definition) is 2. The summed E-state index contributed by atoms with van der Waals surface area (Å²) in [7, 11) is 0. The van der Waals surface area contributed by atoms with Crippen LogP contribution < -0.4 is 4.74 Å². The van der Waals surface area contributed by atoms with Gasteiger partial charge in [0.15, 0.2) is 0 Å². The molecule has 0 fully saturated rings. The summed E-state index contributed by atoms with van der Waals surface area (Å²) in [4.78, 5) is 11.1. The Kier molecular flexibility index (Phi) is 3.92. The first kappa shape index (κ1) is 14.7. The van der Waals surface area contributed by atoms with Crippen molar-refractivity contribution in [3.8, 4) is 5.75 Å². The molecule has 1 aliphatic rings. The molecule has 2 unspecified atom stereocenters. The van der Waals surface area contributed by atoms with Crippen LogP contribution in [0.1, 0.15) is 29.4 Å². The first-order chi connectivity index (χ1) is 10.6. The van der Waals surface area contributed by atoms with Crippen LogP contribution in [0.25, 0.3) is 0 Å². The maximum Gasteiger partial charge on any atom is 0.262 e. The summed E-state index contributed by atoms with van der Waals surface area (Å²) in [5, 5.41) is 0. The number of para-hydroxylation sites is 1. The lowest BCUT2D eigenvalue weighted by atomic mass is 9.75. The second-order valence-corrected chi connectivity index (χ2v) is 5.53. The van der Waals surface area contributed by atoms with Gasteiger partial charge in [-0.15, -0.1) is 0 Å². The van der Waals surface area contributed by atoms with E-state index in [9.17, 15) is 13.6 Å². The molecule has 3 rings (SSSR count). The summed E-state index contributed by atoms with van der Waals surface area (Å²) in [5.41, 5.74) is 1.19. The van der Waals surface area contributed by atoms with Crippen molar-refractivity contribution in [2.24, 2.45) is 0 Å². The number of aldehydes is 1. The Balaban J connectivity index is 1.87. The molecule has 0 radical (unpaired) electrons. The Bertz CT molecular complexity index is 655. The molecule has 0 saturated heterocycles. The maximum atomic E-state index is 14.2. The monoisotopic (exact) mass is 302 g/mol. The summed E-state index contributed by atoms with van der Waals surface area (Å²) in [6, 6.07) is 16.0. The van der Waals surface area contributed by atoms with Gasteiger partial charge in [-0.3, -0.25) is 0 Å². The predicted octanol–water partition coefficient (Wildman–Crippen LogP) is 4.17. The van der Waals surface area contributed by atoms with Crippen molar-refractivity contribution < 1.29 is 18.3 Å². The molecule has 0 N–H and O–H groups in total. The first-order valence-electron chi connectivity index (χ1n) is 7.21. The zero-order valence-corrected chi connectivity index (χ0v) is 11.9. The van der Waals surface area contributed by atoms with Crippen LogP contribution in [0.5, 0.6) is 5.75 Å². The molecule has 0 spiro atoms. The van der Waals surface area contributed by atoms with Crippen LogP contribution in [0.4, 0.5) is 8.78 Å². The molecule has 2 aromatic rings. The second-order valence-electron chi connectivity index (χ2n) is 5.53. The average Bonchev–Trinajstić information content (AvgIpc) is 2.53. The van der Waals surface area contributed by atoms with Crippen LogP contribution in [-0.2, 0) is 4.79 Å². The molecular weight excluding hydrogens is 286 g/mol. The van der Waals surface area contributed by atoms with E-state index in [1.807, 2.05) is 18.2 Å². The van der Waals surface area contributed by atoms with E-state index in [2.05, 4.69) is 0 Å². The lowest BCUT2D eigenvalue weighted by Gasteiger charge is -2.35. The van der Waals surface area contributed by atoms with Gasteiger partial charge in [0.2, 0.25) is 0 Å². The van der Waals surface area contributed by atoms with Crippen molar-refractivity contribution in [1.82, 2.24) is 0 Å². The first-order valence-corrected chi connectivity index (χ1v) is 7.21. The van der Waals surface area contributed by atoms with Crippen molar-refractivity contribution in [2.75, 3.05) is 6.61 Å². The van der Waals surface area contributed by atoms with Gasteiger partial charge in [-0.1, -0.05) is 42.5 Å². The van der Waals surface area contributed by atoms with Crippen LogP contribution in [0.3, 0.4) is 0 Å². The summed E-state index contributed by atoms with van der Waals surface area (Å²) >= 11 is 0. The Morgan fingerprint density at radius 3 is 2.36 bits per heavy atom. The van der Waals surface area contributed by atoms with Crippen LogP contribution in [0.15, 0.2) is 54.6 Å². The normalized spacial score (nSPS) is 22.6. The van der Waals surface area contributed by atoms with E-state index in [4.69, 9.17) is 4.74 Å². The molecule has 0 aliphatic heterocycles. The highest BCUT2D eigenvalue weighted by molar-refractivity contribution is 5.66. The summed E-state index contributed by atoms with van der Waals surface area (Å²) in [6.45, 7) is 0.169. The van der Waals surface area contributed by atoms with Gasteiger partial charge < -0.3 is 9.53 Å². The van der Waals surface area contributed by atoms with Crippen LogP contribution in [0.2, 0.25) is 0 Å². The van der Waals surface area contributed by atoms with E-state index in [1.165, 1.54) is 0 Å². The Hall–Kier alpha value is -2.23. The predicted molar refractivity (Wildman–Crippen MR) is 79.5 cm³/mol. The van der Waals surface area contributed by atoms with Gasteiger partial charge in [-0.2, -0.15) is 0 Å². The molecule has 1 aliphatic carbocycles. The van der Waals surface area contributed by atoms with Gasteiger partial charge in [0.1, 0.15) is 18.0 Å². The van der Waals surface area contributed by atoms with Gasteiger partial charge in [0.05, 0.1) is 6.61 Å². The number of carbonyl (C=O) groups excluding carboxylic acids is 1. The number of alkyl halides is 2. The molecule has 2 nitrogen and oxygen atoms in total. The zero-order chi connectivity index (χ0) is 15.6. The maximum absolute atomic E-state index is 14.2. The quantitative estimate of drug-likeness (QED) is 0.792. The number of rotatable bonds is 4.